The summed E-state index contributed by atoms with van der Waals surface area (Å²) < 4.78 is 42.2. The lowest BCUT2D eigenvalue weighted by atomic mass is 9.99. The first-order chi connectivity index (χ1) is 21.5. The topological polar surface area (TPSA) is 101 Å². The van der Waals surface area contributed by atoms with Gasteiger partial charge in [0.05, 0.1) is 24.3 Å². The molecule has 232 valence electrons. The number of nitrogens with zero attached hydrogens (tertiary/aromatic N) is 2. The number of pyridine rings is 1. The van der Waals surface area contributed by atoms with Crippen LogP contribution in [0, 0.1) is 0 Å². The van der Waals surface area contributed by atoms with Gasteiger partial charge >= 0.3 is 0 Å². The van der Waals surface area contributed by atoms with Crippen molar-refractivity contribution >= 4 is 20.9 Å². The van der Waals surface area contributed by atoms with Crippen molar-refractivity contribution in [2.24, 2.45) is 0 Å². The molecule has 0 spiro atoms. The van der Waals surface area contributed by atoms with E-state index < -0.39 is 16.3 Å². The van der Waals surface area contributed by atoms with Gasteiger partial charge in [0.1, 0.15) is 4.90 Å². The third-order valence-electron chi connectivity index (χ3n) is 8.63. The Bertz CT molecular complexity index is 1620. The predicted octanol–water partition coefficient (Wildman–Crippen LogP) is 6.02. The zero-order chi connectivity index (χ0) is 30.4. The summed E-state index contributed by atoms with van der Waals surface area (Å²) in [6.45, 7) is 3.22. The first-order valence-electron chi connectivity index (χ1n) is 15.6. The molecule has 2 aliphatic heterocycles. The Morgan fingerprint density at radius 1 is 0.818 bits per heavy atom. The second kappa shape index (κ2) is 14.3. The van der Waals surface area contributed by atoms with Gasteiger partial charge in [0, 0.05) is 36.7 Å². The monoisotopic (exact) mass is 615 g/mol. The number of aromatic nitrogens is 1. The molecular formula is C35H41N3O5S. The van der Waals surface area contributed by atoms with Crippen LogP contribution in [0.2, 0.25) is 0 Å². The standard InChI is InChI=1S/C35H41N3O5S/c39-25-27-13-15-28(16-14-27)32-22-31(24-38-20-4-2-1-3-5-21-38)42-35(43-32)30-17-11-26(12-18-30)23-37-44(40,41)33-10-6-8-29-9-7-19-36-34(29)33/h6-19,31-32,35,37,39H,1-5,20-25H2. The van der Waals surface area contributed by atoms with Crippen LogP contribution in [0.5, 0.6) is 0 Å². The molecule has 4 aromatic rings. The van der Waals surface area contributed by atoms with E-state index in [-0.39, 0.29) is 30.3 Å². The third-order valence-corrected chi connectivity index (χ3v) is 10.1. The zero-order valence-electron chi connectivity index (χ0n) is 25.0. The van der Waals surface area contributed by atoms with Gasteiger partial charge in [0.25, 0.3) is 0 Å². The molecule has 8 nitrogen and oxygen atoms in total. The predicted molar refractivity (Wildman–Crippen MR) is 170 cm³/mol. The molecule has 2 aliphatic rings. The van der Waals surface area contributed by atoms with E-state index in [1.807, 2.05) is 60.7 Å². The van der Waals surface area contributed by atoms with Crippen LogP contribution in [0.1, 0.15) is 73.2 Å². The zero-order valence-corrected chi connectivity index (χ0v) is 25.8. The van der Waals surface area contributed by atoms with Gasteiger partial charge in [-0.25, -0.2) is 13.1 Å². The number of nitrogens with one attached hydrogen (secondary N) is 1. The Labute approximate surface area is 260 Å². The van der Waals surface area contributed by atoms with Gasteiger partial charge < -0.3 is 19.5 Å². The number of para-hydroxylation sites is 1. The fourth-order valence-corrected chi connectivity index (χ4v) is 7.35. The number of aliphatic hydroxyl groups excluding tert-OH is 1. The Hall–Kier alpha value is -3.18. The summed E-state index contributed by atoms with van der Waals surface area (Å²) in [5.41, 5.74) is 4.12. The summed E-state index contributed by atoms with van der Waals surface area (Å²) in [7, 11) is -3.77. The number of benzene rings is 3. The number of likely N-dealkylation sites (tertiary alicyclic amines) is 1. The van der Waals surface area contributed by atoms with Crippen molar-refractivity contribution in [1.29, 1.82) is 0 Å². The SMILES string of the molecule is O=S(=O)(NCc1ccc(C2OC(CN3CCCCCCC3)CC(c3ccc(CO)cc3)O2)cc1)c1cccc2cccnc12. The molecule has 3 unspecified atom stereocenters. The lowest BCUT2D eigenvalue weighted by Gasteiger charge is -2.38. The fraction of sp³-hybridized carbons (Fsp3) is 0.400. The van der Waals surface area contributed by atoms with Crippen LogP contribution in [-0.2, 0) is 32.6 Å². The molecule has 44 heavy (non-hydrogen) atoms. The Kier molecular flexibility index (Phi) is 10.0. The highest BCUT2D eigenvalue weighted by molar-refractivity contribution is 7.89. The van der Waals surface area contributed by atoms with Crippen molar-refractivity contribution in [3.63, 3.8) is 0 Å². The molecule has 2 N–H and O–H groups in total. The second-order valence-corrected chi connectivity index (χ2v) is 13.6. The van der Waals surface area contributed by atoms with Gasteiger partial charge in [0.2, 0.25) is 10.0 Å². The largest absolute Gasteiger partial charge is 0.392 e. The fourth-order valence-electron chi connectivity index (χ4n) is 6.16. The average Bonchev–Trinajstić information content (AvgIpc) is 3.05. The van der Waals surface area contributed by atoms with E-state index in [1.54, 1.807) is 24.4 Å². The summed E-state index contributed by atoms with van der Waals surface area (Å²) in [4.78, 5) is 7.00. The van der Waals surface area contributed by atoms with E-state index in [0.717, 1.165) is 53.7 Å². The molecule has 0 amide bonds. The van der Waals surface area contributed by atoms with Crippen molar-refractivity contribution in [2.75, 3.05) is 19.6 Å². The molecule has 0 saturated carbocycles. The number of fused-ring (bicyclic) bond motifs is 1. The van der Waals surface area contributed by atoms with Gasteiger partial charge in [-0.15, -0.1) is 0 Å². The van der Waals surface area contributed by atoms with Crippen molar-refractivity contribution in [2.45, 2.75) is 75.1 Å². The maximum Gasteiger partial charge on any atom is 0.243 e. The van der Waals surface area contributed by atoms with Gasteiger partial charge in [-0.1, -0.05) is 86.0 Å². The maximum atomic E-state index is 13.2. The number of hydrogen-bond donors (Lipinski definition) is 2. The molecule has 2 saturated heterocycles. The van der Waals surface area contributed by atoms with E-state index in [4.69, 9.17) is 9.47 Å². The first kappa shape index (κ1) is 30.8. The number of ether oxygens (including phenoxy) is 2. The summed E-state index contributed by atoms with van der Waals surface area (Å²) >= 11 is 0. The average molecular weight is 616 g/mol. The minimum absolute atomic E-state index is 0.0104. The number of sulfonamides is 1. The lowest BCUT2D eigenvalue weighted by Crippen LogP contribution is -2.40. The van der Waals surface area contributed by atoms with E-state index in [1.165, 1.54) is 32.1 Å². The van der Waals surface area contributed by atoms with Crippen LogP contribution in [0.15, 0.2) is 90.0 Å². The summed E-state index contributed by atoms with van der Waals surface area (Å²) in [5, 5.41) is 10.3. The molecule has 0 bridgehead atoms. The van der Waals surface area contributed by atoms with Crippen LogP contribution in [0.4, 0.5) is 0 Å². The van der Waals surface area contributed by atoms with Crippen LogP contribution in [0.3, 0.4) is 0 Å². The molecule has 2 fully saturated rings. The van der Waals surface area contributed by atoms with Crippen LogP contribution >= 0.6 is 0 Å². The van der Waals surface area contributed by atoms with Gasteiger partial charge in [0.15, 0.2) is 6.29 Å². The van der Waals surface area contributed by atoms with Gasteiger partial charge in [-0.2, -0.15) is 0 Å². The van der Waals surface area contributed by atoms with Crippen LogP contribution in [-0.4, -0.2) is 49.1 Å². The smallest absolute Gasteiger partial charge is 0.243 e. The van der Waals surface area contributed by atoms with Crippen molar-refractivity contribution in [3.8, 4) is 0 Å². The highest BCUT2D eigenvalue weighted by Crippen LogP contribution is 2.38. The van der Waals surface area contributed by atoms with Crippen molar-refractivity contribution < 1.29 is 23.0 Å². The normalized spacial score (nSPS) is 22.0. The van der Waals surface area contributed by atoms with E-state index in [0.29, 0.717) is 5.52 Å². The number of hydrogen-bond acceptors (Lipinski definition) is 7. The third kappa shape index (κ3) is 7.54. The molecule has 3 atom stereocenters. The first-order valence-corrected chi connectivity index (χ1v) is 17.1. The molecule has 0 aliphatic carbocycles. The summed E-state index contributed by atoms with van der Waals surface area (Å²) in [6.07, 6.45) is 8.04. The molecule has 9 heteroatoms. The Balaban J connectivity index is 1.16. The number of aliphatic hydroxyl groups is 1. The molecule has 3 aromatic carbocycles. The molecular weight excluding hydrogens is 574 g/mol. The van der Waals surface area contributed by atoms with Crippen molar-refractivity contribution in [1.82, 2.24) is 14.6 Å². The van der Waals surface area contributed by atoms with Gasteiger partial charge in [-0.3, -0.25) is 4.98 Å². The maximum absolute atomic E-state index is 13.2. The van der Waals surface area contributed by atoms with Crippen molar-refractivity contribution in [3.05, 3.63) is 107 Å². The quantitative estimate of drug-likeness (QED) is 0.238. The Morgan fingerprint density at radius 3 is 2.25 bits per heavy atom. The van der Waals surface area contributed by atoms with Crippen LogP contribution in [0.25, 0.3) is 10.9 Å². The second-order valence-electron chi connectivity index (χ2n) is 11.8. The van der Waals surface area contributed by atoms with Gasteiger partial charge in [-0.05, 0) is 54.8 Å². The number of rotatable bonds is 9. The minimum Gasteiger partial charge on any atom is -0.392 e. The van der Waals surface area contributed by atoms with Crippen LogP contribution < -0.4 is 4.72 Å². The summed E-state index contributed by atoms with van der Waals surface area (Å²) in [6, 6.07) is 24.5. The van der Waals surface area contributed by atoms with E-state index in [9.17, 15) is 13.5 Å². The highest BCUT2D eigenvalue weighted by Gasteiger charge is 2.33. The Morgan fingerprint density at radius 2 is 1.50 bits per heavy atom. The molecule has 6 rings (SSSR count). The van der Waals surface area contributed by atoms with E-state index >= 15 is 0 Å². The molecule has 1 aromatic heterocycles. The summed E-state index contributed by atoms with van der Waals surface area (Å²) in [5.74, 6) is 0. The lowest BCUT2D eigenvalue weighted by molar-refractivity contribution is -0.253. The van der Waals surface area contributed by atoms with E-state index in [2.05, 4.69) is 14.6 Å². The highest BCUT2D eigenvalue weighted by atomic mass is 32.2. The minimum atomic E-state index is -3.77. The molecule has 3 heterocycles. The molecule has 0 radical (unpaired) electrons.